The highest BCUT2D eigenvalue weighted by atomic mass is 16.5. The molecule has 152 valence electrons. The Morgan fingerprint density at radius 1 is 1.07 bits per heavy atom. The van der Waals surface area contributed by atoms with Gasteiger partial charge in [-0.25, -0.2) is 0 Å². The van der Waals surface area contributed by atoms with Gasteiger partial charge < -0.3 is 15.0 Å². The Labute approximate surface area is 170 Å². The Morgan fingerprint density at radius 3 is 2.38 bits per heavy atom. The SMILES string of the molecule is COc1ccc(CC(=O)N2CCC(C(=O)Nc3cccc(C(C)=O)c3)CC2)cc1. The summed E-state index contributed by atoms with van der Waals surface area (Å²) in [7, 11) is 1.61. The predicted octanol–water partition coefficient (Wildman–Crippen LogP) is 3.32. The first-order valence-corrected chi connectivity index (χ1v) is 9.79. The third kappa shape index (κ3) is 5.44. The number of carbonyl (C=O) groups excluding carboxylic acids is 3. The Hall–Kier alpha value is -3.15. The van der Waals surface area contributed by atoms with Crippen molar-refractivity contribution in [2.24, 2.45) is 5.92 Å². The van der Waals surface area contributed by atoms with Crippen LogP contribution < -0.4 is 10.1 Å². The Kier molecular flexibility index (Phi) is 6.65. The smallest absolute Gasteiger partial charge is 0.227 e. The zero-order valence-electron chi connectivity index (χ0n) is 16.8. The summed E-state index contributed by atoms with van der Waals surface area (Å²) in [4.78, 5) is 38.4. The van der Waals surface area contributed by atoms with E-state index in [0.717, 1.165) is 11.3 Å². The molecule has 0 saturated carbocycles. The number of nitrogens with one attached hydrogen (secondary N) is 1. The fourth-order valence-electron chi connectivity index (χ4n) is 3.48. The zero-order valence-corrected chi connectivity index (χ0v) is 16.8. The molecule has 0 unspecified atom stereocenters. The number of ether oxygens (including phenoxy) is 1. The van der Waals surface area contributed by atoms with E-state index in [1.165, 1.54) is 6.92 Å². The third-order valence-electron chi connectivity index (χ3n) is 5.27. The van der Waals surface area contributed by atoms with Crippen LogP contribution in [0.1, 0.15) is 35.7 Å². The topological polar surface area (TPSA) is 75.7 Å². The lowest BCUT2D eigenvalue weighted by molar-refractivity contribution is -0.133. The predicted molar refractivity (Wildman–Crippen MR) is 111 cm³/mol. The van der Waals surface area contributed by atoms with Crippen LogP contribution in [0.25, 0.3) is 0 Å². The van der Waals surface area contributed by atoms with Gasteiger partial charge in [0.2, 0.25) is 11.8 Å². The van der Waals surface area contributed by atoms with Crippen molar-refractivity contribution < 1.29 is 19.1 Å². The second-order valence-corrected chi connectivity index (χ2v) is 7.31. The summed E-state index contributed by atoms with van der Waals surface area (Å²) in [6, 6.07) is 14.4. The molecule has 1 aliphatic heterocycles. The van der Waals surface area contributed by atoms with Crippen LogP contribution in [-0.4, -0.2) is 42.7 Å². The average molecular weight is 394 g/mol. The van der Waals surface area contributed by atoms with Crippen LogP contribution in [0.15, 0.2) is 48.5 Å². The van der Waals surface area contributed by atoms with Crippen molar-refractivity contribution in [3.05, 3.63) is 59.7 Å². The molecule has 3 rings (SSSR count). The van der Waals surface area contributed by atoms with Crippen molar-refractivity contribution in [3.63, 3.8) is 0 Å². The summed E-state index contributed by atoms with van der Waals surface area (Å²) < 4.78 is 5.14. The van der Waals surface area contributed by atoms with Gasteiger partial charge in [0.1, 0.15) is 5.75 Å². The average Bonchev–Trinajstić information content (AvgIpc) is 2.74. The van der Waals surface area contributed by atoms with Gasteiger partial charge in [-0.05, 0) is 49.6 Å². The van der Waals surface area contributed by atoms with Gasteiger partial charge in [-0.15, -0.1) is 0 Å². The van der Waals surface area contributed by atoms with Gasteiger partial charge >= 0.3 is 0 Å². The largest absolute Gasteiger partial charge is 0.497 e. The first-order valence-electron chi connectivity index (χ1n) is 9.79. The molecule has 0 aromatic heterocycles. The van der Waals surface area contributed by atoms with E-state index >= 15 is 0 Å². The minimum Gasteiger partial charge on any atom is -0.497 e. The van der Waals surface area contributed by atoms with Gasteiger partial charge in [-0.1, -0.05) is 24.3 Å². The van der Waals surface area contributed by atoms with Gasteiger partial charge in [0, 0.05) is 30.3 Å². The van der Waals surface area contributed by atoms with Gasteiger partial charge in [-0.3, -0.25) is 14.4 Å². The number of carbonyl (C=O) groups is 3. The number of nitrogens with zero attached hydrogens (tertiary/aromatic N) is 1. The number of hydrogen-bond donors (Lipinski definition) is 1. The first kappa shape index (κ1) is 20.6. The fraction of sp³-hybridized carbons (Fsp3) is 0.348. The van der Waals surface area contributed by atoms with E-state index in [0.29, 0.717) is 43.6 Å². The van der Waals surface area contributed by atoms with Crippen LogP contribution >= 0.6 is 0 Å². The third-order valence-corrected chi connectivity index (χ3v) is 5.27. The number of anilines is 1. The van der Waals surface area contributed by atoms with E-state index in [-0.39, 0.29) is 23.5 Å². The molecule has 0 radical (unpaired) electrons. The minimum absolute atomic E-state index is 0.0372. The number of rotatable bonds is 6. The quantitative estimate of drug-likeness (QED) is 0.763. The number of amides is 2. The maximum absolute atomic E-state index is 12.6. The maximum atomic E-state index is 12.6. The van der Waals surface area contributed by atoms with Crippen LogP contribution in [-0.2, 0) is 16.0 Å². The Bertz CT molecular complexity index is 884. The lowest BCUT2D eigenvalue weighted by Gasteiger charge is -2.31. The molecule has 2 aromatic rings. The molecule has 0 aliphatic carbocycles. The molecule has 6 nitrogen and oxygen atoms in total. The van der Waals surface area contributed by atoms with Crippen molar-refractivity contribution in [3.8, 4) is 5.75 Å². The lowest BCUT2D eigenvalue weighted by Crippen LogP contribution is -2.42. The number of piperidine rings is 1. The lowest BCUT2D eigenvalue weighted by atomic mass is 9.95. The summed E-state index contributed by atoms with van der Waals surface area (Å²) in [6.07, 6.45) is 1.61. The molecule has 1 fully saturated rings. The summed E-state index contributed by atoms with van der Waals surface area (Å²) in [5, 5.41) is 2.90. The molecule has 0 spiro atoms. The number of Topliss-reactive ketones (excluding diaryl/α,β-unsaturated/α-hetero) is 1. The standard InChI is InChI=1S/C23H26N2O4/c1-16(26)19-4-3-5-20(15-19)24-23(28)18-10-12-25(13-11-18)22(27)14-17-6-8-21(29-2)9-7-17/h3-9,15,18H,10-14H2,1-2H3,(H,24,28). The molecule has 2 amide bonds. The number of methoxy groups -OCH3 is 1. The molecular formula is C23H26N2O4. The summed E-state index contributed by atoms with van der Waals surface area (Å²) >= 11 is 0. The van der Waals surface area contributed by atoms with E-state index < -0.39 is 0 Å². The highest BCUT2D eigenvalue weighted by Crippen LogP contribution is 2.21. The molecule has 0 atom stereocenters. The molecule has 2 aromatic carbocycles. The second-order valence-electron chi connectivity index (χ2n) is 7.31. The monoisotopic (exact) mass is 394 g/mol. The molecule has 29 heavy (non-hydrogen) atoms. The highest BCUT2D eigenvalue weighted by molar-refractivity contribution is 5.97. The number of hydrogen-bond acceptors (Lipinski definition) is 4. The Morgan fingerprint density at radius 2 is 1.76 bits per heavy atom. The number of benzene rings is 2. The molecule has 1 aliphatic rings. The molecule has 0 bridgehead atoms. The van der Waals surface area contributed by atoms with E-state index in [4.69, 9.17) is 4.74 Å². The van der Waals surface area contributed by atoms with E-state index in [9.17, 15) is 14.4 Å². The Balaban J connectivity index is 1.50. The van der Waals surface area contributed by atoms with Crippen LogP contribution in [0, 0.1) is 5.92 Å². The van der Waals surface area contributed by atoms with Crippen LogP contribution in [0.5, 0.6) is 5.75 Å². The van der Waals surface area contributed by atoms with E-state index in [1.807, 2.05) is 29.2 Å². The number of ketones is 1. The molecule has 6 heteroatoms. The molecule has 1 heterocycles. The molecule has 1 saturated heterocycles. The summed E-state index contributed by atoms with van der Waals surface area (Å²) in [6.45, 7) is 2.64. The molecular weight excluding hydrogens is 368 g/mol. The van der Waals surface area contributed by atoms with Crippen molar-refractivity contribution in [1.29, 1.82) is 0 Å². The second kappa shape index (κ2) is 9.37. The number of likely N-dealkylation sites (tertiary alicyclic amines) is 1. The molecule has 1 N–H and O–H groups in total. The van der Waals surface area contributed by atoms with Crippen molar-refractivity contribution in [2.45, 2.75) is 26.2 Å². The van der Waals surface area contributed by atoms with Crippen molar-refractivity contribution >= 4 is 23.3 Å². The maximum Gasteiger partial charge on any atom is 0.227 e. The summed E-state index contributed by atoms with van der Waals surface area (Å²) in [5.74, 6) is 0.601. The van der Waals surface area contributed by atoms with Crippen molar-refractivity contribution in [1.82, 2.24) is 4.90 Å². The van der Waals surface area contributed by atoms with Crippen LogP contribution in [0.2, 0.25) is 0 Å². The van der Waals surface area contributed by atoms with Crippen LogP contribution in [0.4, 0.5) is 5.69 Å². The van der Waals surface area contributed by atoms with Gasteiger partial charge in [0.15, 0.2) is 5.78 Å². The summed E-state index contributed by atoms with van der Waals surface area (Å²) in [5.41, 5.74) is 2.14. The van der Waals surface area contributed by atoms with E-state index in [1.54, 1.807) is 31.4 Å². The van der Waals surface area contributed by atoms with Gasteiger partial charge in [0.25, 0.3) is 0 Å². The van der Waals surface area contributed by atoms with Crippen LogP contribution in [0.3, 0.4) is 0 Å². The van der Waals surface area contributed by atoms with E-state index in [2.05, 4.69) is 5.32 Å². The van der Waals surface area contributed by atoms with Gasteiger partial charge in [-0.2, -0.15) is 0 Å². The first-order chi connectivity index (χ1) is 14.0. The zero-order chi connectivity index (χ0) is 20.8. The normalized spacial score (nSPS) is 14.3. The highest BCUT2D eigenvalue weighted by Gasteiger charge is 2.27. The minimum atomic E-state index is -0.138. The fourth-order valence-corrected chi connectivity index (χ4v) is 3.48. The van der Waals surface area contributed by atoms with Gasteiger partial charge in [0.05, 0.1) is 13.5 Å². The van der Waals surface area contributed by atoms with Crippen molar-refractivity contribution in [2.75, 3.05) is 25.5 Å².